The number of fused-ring (bicyclic) bond motifs is 2. The Kier molecular flexibility index (Phi) is 8.27. The Balaban J connectivity index is 1.65. The van der Waals surface area contributed by atoms with E-state index in [-0.39, 0.29) is 52.7 Å². The summed E-state index contributed by atoms with van der Waals surface area (Å²) in [7, 11) is -2.22. The van der Waals surface area contributed by atoms with Crippen molar-refractivity contribution in [2.45, 2.75) is 24.6 Å². The van der Waals surface area contributed by atoms with Gasteiger partial charge in [0, 0.05) is 51.4 Å². The van der Waals surface area contributed by atoms with E-state index in [2.05, 4.69) is 4.98 Å². The van der Waals surface area contributed by atoms with Crippen molar-refractivity contribution in [3.05, 3.63) is 88.9 Å². The summed E-state index contributed by atoms with van der Waals surface area (Å²) < 4.78 is 79.4. The standard InChI is InChI=1S/C30H31FN4O7S2/c1-33(2)44(39,40)25-15-21(31)11-10-20(25)16-35-17-24-26(30(35)36)29(42-18-19-8-12-22(41-4)13-9-19)27-23(7-6-14-32-27)28(24)34(3)43(5,37)38/h6-15H,16-18H2,1-5H3. The first kappa shape index (κ1) is 31.2. The molecule has 0 saturated carbocycles. The Labute approximate surface area is 255 Å². The van der Waals surface area contributed by atoms with Crippen LogP contribution in [0, 0.1) is 5.82 Å². The maximum Gasteiger partial charge on any atom is 0.258 e. The van der Waals surface area contributed by atoms with E-state index in [0.29, 0.717) is 16.7 Å². The monoisotopic (exact) mass is 642 g/mol. The second-order valence-electron chi connectivity index (χ2n) is 10.5. The molecule has 0 aliphatic carbocycles. The van der Waals surface area contributed by atoms with Gasteiger partial charge in [-0.3, -0.25) is 14.1 Å². The Morgan fingerprint density at radius 3 is 2.36 bits per heavy atom. The Morgan fingerprint density at radius 1 is 1.02 bits per heavy atom. The molecule has 1 amide bonds. The number of hydrogen-bond donors (Lipinski definition) is 0. The van der Waals surface area contributed by atoms with E-state index in [1.54, 1.807) is 31.4 Å². The number of benzene rings is 3. The highest BCUT2D eigenvalue weighted by molar-refractivity contribution is 7.92. The maximum atomic E-state index is 14.2. The molecule has 0 saturated heterocycles. The molecule has 14 heteroatoms. The first-order valence-corrected chi connectivity index (χ1v) is 16.7. The number of ether oxygens (including phenoxy) is 2. The summed E-state index contributed by atoms with van der Waals surface area (Å²) in [6, 6.07) is 13.9. The zero-order valence-electron chi connectivity index (χ0n) is 24.7. The van der Waals surface area contributed by atoms with Crippen LogP contribution in [0.1, 0.15) is 27.0 Å². The number of halogens is 1. The number of hydrogen-bond acceptors (Lipinski definition) is 8. The van der Waals surface area contributed by atoms with Gasteiger partial charge in [-0.05, 0) is 47.5 Å². The molecule has 0 radical (unpaired) electrons. The number of carbonyl (C=O) groups excluding carboxylic acids is 1. The van der Waals surface area contributed by atoms with Crippen molar-refractivity contribution in [3.63, 3.8) is 0 Å². The fraction of sp³-hybridized carbons (Fsp3) is 0.267. The number of carbonyl (C=O) groups is 1. The number of anilines is 1. The minimum absolute atomic E-state index is 0.0636. The van der Waals surface area contributed by atoms with E-state index in [9.17, 15) is 26.0 Å². The normalized spacial score (nSPS) is 13.4. The molecule has 0 N–H and O–H groups in total. The van der Waals surface area contributed by atoms with Gasteiger partial charge in [0.1, 0.15) is 23.7 Å². The second kappa shape index (κ2) is 11.7. The van der Waals surface area contributed by atoms with Gasteiger partial charge in [-0.25, -0.2) is 25.5 Å². The zero-order chi connectivity index (χ0) is 32.0. The van der Waals surface area contributed by atoms with E-state index in [1.807, 2.05) is 12.1 Å². The third-order valence-corrected chi connectivity index (χ3v) is 10.5. The van der Waals surface area contributed by atoms with Crippen LogP contribution in [0.25, 0.3) is 10.9 Å². The smallest absolute Gasteiger partial charge is 0.258 e. The molecule has 232 valence electrons. The largest absolute Gasteiger partial charge is 0.497 e. The van der Waals surface area contributed by atoms with Crippen LogP contribution in [0.5, 0.6) is 11.5 Å². The number of methoxy groups -OCH3 is 1. The van der Waals surface area contributed by atoms with Gasteiger partial charge in [-0.1, -0.05) is 18.2 Å². The van der Waals surface area contributed by atoms with Crippen LogP contribution in [-0.2, 0) is 39.7 Å². The van der Waals surface area contributed by atoms with Crippen LogP contribution >= 0.6 is 0 Å². The molecule has 4 aromatic rings. The van der Waals surface area contributed by atoms with Gasteiger partial charge in [-0.2, -0.15) is 0 Å². The molecule has 5 rings (SSSR count). The fourth-order valence-electron chi connectivity index (χ4n) is 5.09. The van der Waals surface area contributed by atoms with Crippen molar-refractivity contribution in [1.29, 1.82) is 0 Å². The summed E-state index contributed by atoms with van der Waals surface area (Å²) in [5, 5.41) is 0.455. The van der Waals surface area contributed by atoms with Crippen molar-refractivity contribution in [2.24, 2.45) is 0 Å². The van der Waals surface area contributed by atoms with E-state index in [1.165, 1.54) is 38.3 Å². The second-order valence-corrected chi connectivity index (χ2v) is 14.6. The van der Waals surface area contributed by atoms with Gasteiger partial charge in [0.2, 0.25) is 20.0 Å². The highest BCUT2D eigenvalue weighted by Crippen LogP contribution is 2.45. The fourth-order valence-corrected chi connectivity index (χ4v) is 6.75. The van der Waals surface area contributed by atoms with Crippen LogP contribution in [0.15, 0.2) is 65.7 Å². The molecular formula is C30H31FN4O7S2. The number of amides is 1. The van der Waals surface area contributed by atoms with Gasteiger partial charge < -0.3 is 14.4 Å². The minimum atomic E-state index is -4.06. The summed E-state index contributed by atoms with van der Waals surface area (Å²) in [4.78, 5) is 19.7. The summed E-state index contributed by atoms with van der Waals surface area (Å²) in [5.41, 5.74) is 2.04. The summed E-state index contributed by atoms with van der Waals surface area (Å²) in [6.45, 7) is -0.189. The van der Waals surface area contributed by atoms with E-state index < -0.39 is 31.8 Å². The van der Waals surface area contributed by atoms with Crippen molar-refractivity contribution in [1.82, 2.24) is 14.2 Å². The quantitative estimate of drug-likeness (QED) is 0.256. The van der Waals surface area contributed by atoms with Gasteiger partial charge in [-0.15, -0.1) is 0 Å². The lowest BCUT2D eigenvalue weighted by Gasteiger charge is -2.23. The number of rotatable bonds is 10. The van der Waals surface area contributed by atoms with E-state index in [0.717, 1.165) is 32.6 Å². The number of aromatic nitrogens is 1. The highest BCUT2D eigenvalue weighted by atomic mass is 32.2. The maximum absolute atomic E-state index is 14.2. The van der Waals surface area contributed by atoms with Gasteiger partial charge in [0.05, 0.1) is 29.5 Å². The lowest BCUT2D eigenvalue weighted by Crippen LogP contribution is -2.28. The molecule has 0 bridgehead atoms. The molecule has 0 unspecified atom stereocenters. The van der Waals surface area contributed by atoms with Crippen molar-refractivity contribution < 1.29 is 35.5 Å². The predicted molar refractivity (Wildman–Crippen MR) is 163 cm³/mol. The molecular weight excluding hydrogens is 611 g/mol. The number of pyridine rings is 1. The first-order valence-electron chi connectivity index (χ1n) is 13.4. The summed E-state index contributed by atoms with van der Waals surface area (Å²) in [6.07, 6.45) is 2.58. The van der Waals surface area contributed by atoms with Crippen LogP contribution in [0.2, 0.25) is 0 Å². The minimum Gasteiger partial charge on any atom is -0.497 e. The lowest BCUT2D eigenvalue weighted by molar-refractivity contribution is 0.0762. The highest BCUT2D eigenvalue weighted by Gasteiger charge is 2.38. The van der Waals surface area contributed by atoms with Crippen molar-refractivity contribution >= 4 is 42.5 Å². The SMILES string of the molecule is COc1ccc(COc2c3c(c(N(C)S(C)(=O)=O)c4cccnc24)CN(Cc2ccc(F)cc2S(=O)(=O)N(C)C)C3=O)cc1. The Morgan fingerprint density at radius 2 is 1.73 bits per heavy atom. The predicted octanol–water partition coefficient (Wildman–Crippen LogP) is 3.76. The number of sulfonamides is 2. The molecule has 3 aromatic carbocycles. The van der Waals surface area contributed by atoms with Gasteiger partial charge >= 0.3 is 0 Å². The molecule has 0 spiro atoms. The third-order valence-electron chi connectivity index (χ3n) is 7.45. The average Bonchev–Trinajstić information content (AvgIpc) is 3.30. The summed E-state index contributed by atoms with van der Waals surface area (Å²) >= 11 is 0. The van der Waals surface area contributed by atoms with E-state index >= 15 is 0 Å². The molecule has 1 aliphatic heterocycles. The first-order chi connectivity index (χ1) is 20.7. The van der Waals surface area contributed by atoms with Crippen LogP contribution < -0.4 is 13.8 Å². The molecule has 44 heavy (non-hydrogen) atoms. The molecule has 1 aliphatic rings. The Hall–Kier alpha value is -4.27. The van der Waals surface area contributed by atoms with Crippen molar-refractivity contribution in [3.8, 4) is 11.5 Å². The van der Waals surface area contributed by atoms with Crippen LogP contribution in [0.4, 0.5) is 10.1 Å². The molecule has 2 heterocycles. The van der Waals surface area contributed by atoms with Gasteiger partial charge in [0.25, 0.3) is 5.91 Å². The molecule has 1 aromatic heterocycles. The average molecular weight is 643 g/mol. The zero-order valence-corrected chi connectivity index (χ0v) is 26.4. The molecule has 11 nitrogen and oxygen atoms in total. The molecule has 0 atom stereocenters. The van der Waals surface area contributed by atoms with Crippen molar-refractivity contribution in [2.75, 3.05) is 38.8 Å². The molecule has 0 fully saturated rings. The van der Waals surface area contributed by atoms with E-state index in [4.69, 9.17) is 9.47 Å². The number of nitrogens with zero attached hydrogens (tertiary/aromatic N) is 4. The van der Waals surface area contributed by atoms with Gasteiger partial charge in [0.15, 0.2) is 5.75 Å². The van der Waals surface area contributed by atoms with Crippen LogP contribution in [0.3, 0.4) is 0 Å². The third kappa shape index (κ3) is 5.67. The lowest BCUT2D eigenvalue weighted by atomic mass is 10.0. The topological polar surface area (TPSA) is 126 Å². The Bertz CT molecular complexity index is 1980. The summed E-state index contributed by atoms with van der Waals surface area (Å²) in [5.74, 6) is -0.422. The van der Waals surface area contributed by atoms with Crippen LogP contribution in [-0.4, -0.2) is 71.4 Å².